The first-order valence-electron chi connectivity index (χ1n) is 8.39. The molecule has 0 heterocycles. The predicted molar refractivity (Wildman–Crippen MR) is 95.0 cm³/mol. The van der Waals surface area contributed by atoms with Crippen LogP contribution in [0.3, 0.4) is 0 Å². The third kappa shape index (κ3) is 8.47. The molecule has 0 bridgehead atoms. The van der Waals surface area contributed by atoms with Crippen molar-refractivity contribution in [1.82, 2.24) is 5.32 Å². The average molecular weight is 356 g/mol. The van der Waals surface area contributed by atoms with Gasteiger partial charge in [0.1, 0.15) is 5.75 Å². The van der Waals surface area contributed by atoms with E-state index in [0.29, 0.717) is 0 Å². The van der Waals surface area contributed by atoms with E-state index in [1.165, 1.54) is 44.1 Å². The van der Waals surface area contributed by atoms with Gasteiger partial charge in [-0.3, -0.25) is 0 Å². The van der Waals surface area contributed by atoms with Gasteiger partial charge < -0.3 is 10.1 Å². The molecule has 0 fully saturated rings. The molecule has 0 spiro atoms. The van der Waals surface area contributed by atoms with Gasteiger partial charge in [-0.1, -0.05) is 52.0 Å². The average Bonchev–Trinajstić information content (AvgIpc) is 2.49. The van der Waals surface area contributed by atoms with Crippen LogP contribution in [0.5, 0.6) is 5.75 Å². The molecule has 21 heavy (non-hydrogen) atoms. The Morgan fingerprint density at radius 3 is 2.48 bits per heavy atom. The Hall–Kier alpha value is -0.540. The van der Waals surface area contributed by atoms with Crippen LogP contribution in [0.25, 0.3) is 0 Å². The van der Waals surface area contributed by atoms with Crippen molar-refractivity contribution in [2.24, 2.45) is 0 Å². The van der Waals surface area contributed by atoms with Crippen molar-refractivity contribution < 1.29 is 4.74 Å². The lowest BCUT2D eigenvalue weighted by Crippen LogP contribution is -2.14. The highest BCUT2D eigenvalue weighted by Crippen LogP contribution is 2.26. The highest BCUT2D eigenvalue weighted by atomic mass is 79.9. The quantitative estimate of drug-likeness (QED) is 0.486. The monoisotopic (exact) mass is 355 g/mol. The molecule has 0 aromatic heterocycles. The minimum atomic E-state index is 0.772. The highest BCUT2D eigenvalue weighted by molar-refractivity contribution is 9.10. The second-order valence-electron chi connectivity index (χ2n) is 5.56. The Morgan fingerprint density at radius 1 is 1.00 bits per heavy atom. The van der Waals surface area contributed by atoms with E-state index in [2.05, 4.69) is 53.3 Å². The van der Waals surface area contributed by atoms with E-state index < -0.39 is 0 Å². The smallest absolute Gasteiger partial charge is 0.133 e. The van der Waals surface area contributed by atoms with Crippen LogP contribution < -0.4 is 10.1 Å². The zero-order chi connectivity index (χ0) is 15.3. The molecule has 0 atom stereocenters. The van der Waals surface area contributed by atoms with Gasteiger partial charge in [0.25, 0.3) is 0 Å². The summed E-state index contributed by atoms with van der Waals surface area (Å²) < 4.78 is 6.71. The molecule has 1 aromatic carbocycles. The fourth-order valence-electron chi connectivity index (χ4n) is 2.25. The van der Waals surface area contributed by atoms with Crippen molar-refractivity contribution in [3.63, 3.8) is 0 Å². The summed E-state index contributed by atoms with van der Waals surface area (Å²) in [5, 5.41) is 3.52. The molecule has 2 nitrogen and oxygen atoms in total. The van der Waals surface area contributed by atoms with E-state index in [1.807, 2.05) is 0 Å². The Morgan fingerprint density at radius 2 is 1.76 bits per heavy atom. The van der Waals surface area contributed by atoms with Crippen LogP contribution >= 0.6 is 15.9 Å². The summed E-state index contributed by atoms with van der Waals surface area (Å²) >= 11 is 3.58. The normalized spacial score (nSPS) is 10.8. The molecule has 0 saturated carbocycles. The van der Waals surface area contributed by atoms with Crippen molar-refractivity contribution in [2.75, 3.05) is 13.2 Å². The van der Waals surface area contributed by atoms with Crippen molar-refractivity contribution in [1.29, 1.82) is 0 Å². The molecule has 0 aliphatic heterocycles. The Balaban J connectivity index is 2.16. The molecule has 0 unspecified atom stereocenters. The molecule has 0 aliphatic carbocycles. The maximum atomic E-state index is 5.66. The molecule has 3 heteroatoms. The molecule has 0 aliphatic rings. The van der Waals surface area contributed by atoms with Crippen LogP contribution in [-0.2, 0) is 6.54 Å². The van der Waals surface area contributed by atoms with Crippen molar-refractivity contribution >= 4 is 15.9 Å². The van der Waals surface area contributed by atoms with Crippen molar-refractivity contribution in [3.05, 3.63) is 28.2 Å². The third-order valence-electron chi connectivity index (χ3n) is 3.49. The van der Waals surface area contributed by atoms with Crippen LogP contribution in [0.4, 0.5) is 0 Å². The van der Waals surface area contributed by atoms with Crippen molar-refractivity contribution in [3.8, 4) is 5.75 Å². The predicted octanol–water partition coefficient (Wildman–Crippen LogP) is 5.69. The Kier molecular flexibility index (Phi) is 10.6. The fourth-order valence-corrected chi connectivity index (χ4v) is 2.79. The largest absolute Gasteiger partial charge is 0.492 e. The van der Waals surface area contributed by atoms with E-state index >= 15 is 0 Å². The first-order chi connectivity index (χ1) is 10.3. The molecular formula is C18H30BrNO. The number of ether oxygens (including phenoxy) is 1. The van der Waals surface area contributed by atoms with Gasteiger partial charge in [0.2, 0.25) is 0 Å². The number of hydrogen-bond acceptors (Lipinski definition) is 2. The van der Waals surface area contributed by atoms with Gasteiger partial charge in [0, 0.05) is 6.54 Å². The van der Waals surface area contributed by atoms with E-state index in [-0.39, 0.29) is 0 Å². The minimum absolute atomic E-state index is 0.772. The molecule has 1 aromatic rings. The number of rotatable bonds is 12. The fraction of sp³-hybridized carbons (Fsp3) is 0.667. The van der Waals surface area contributed by atoms with Gasteiger partial charge >= 0.3 is 0 Å². The summed E-state index contributed by atoms with van der Waals surface area (Å²) in [5.41, 5.74) is 1.30. The first-order valence-corrected chi connectivity index (χ1v) is 9.19. The number of halogens is 1. The molecule has 0 amide bonds. The van der Waals surface area contributed by atoms with Crippen LogP contribution in [0.2, 0.25) is 0 Å². The van der Waals surface area contributed by atoms with E-state index in [1.54, 1.807) is 0 Å². The maximum Gasteiger partial charge on any atom is 0.133 e. The van der Waals surface area contributed by atoms with Gasteiger partial charge in [-0.25, -0.2) is 0 Å². The zero-order valence-corrected chi connectivity index (χ0v) is 15.2. The lowest BCUT2D eigenvalue weighted by molar-refractivity contribution is 0.315. The van der Waals surface area contributed by atoms with Crippen LogP contribution in [-0.4, -0.2) is 13.2 Å². The summed E-state index contributed by atoms with van der Waals surface area (Å²) in [4.78, 5) is 0. The maximum absolute atomic E-state index is 5.66. The lowest BCUT2D eigenvalue weighted by atomic mass is 10.1. The summed E-state index contributed by atoms with van der Waals surface area (Å²) in [6.07, 6.45) is 9.14. The van der Waals surface area contributed by atoms with Gasteiger partial charge in [0.15, 0.2) is 0 Å². The lowest BCUT2D eigenvalue weighted by Gasteiger charge is -2.10. The minimum Gasteiger partial charge on any atom is -0.492 e. The number of benzene rings is 1. The molecular weight excluding hydrogens is 326 g/mol. The molecule has 120 valence electrons. The molecule has 0 saturated heterocycles. The van der Waals surface area contributed by atoms with Crippen LogP contribution in [0.15, 0.2) is 22.7 Å². The van der Waals surface area contributed by atoms with Crippen molar-refractivity contribution in [2.45, 2.75) is 65.3 Å². The molecule has 1 rings (SSSR count). The summed E-state index contributed by atoms with van der Waals surface area (Å²) in [7, 11) is 0. The summed E-state index contributed by atoms with van der Waals surface area (Å²) in [6, 6.07) is 6.35. The van der Waals surface area contributed by atoms with Crippen LogP contribution in [0.1, 0.15) is 64.4 Å². The highest BCUT2D eigenvalue weighted by Gasteiger charge is 2.02. The Labute approximate surface area is 138 Å². The van der Waals surface area contributed by atoms with Gasteiger partial charge in [-0.15, -0.1) is 0 Å². The summed E-state index contributed by atoms with van der Waals surface area (Å²) in [5.74, 6) is 0.941. The second-order valence-corrected chi connectivity index (χ2v) is 6.41. The second kappa shape index (κ2) is 12.0. The van der Waals surface area contributed by atoms with Gasteiger partial charge in [-0.05, 0) is 53.0 Å². The zero-order valence-electron chi connectivity index (χ0n) is 13.6. The van der Waals surface area contributed by atoms with Gasteiger partial charge in [0.05, 0.1) is 11.1 Å². The van der Waals surface area contributed by atoms with E-state index in [4.69, 9.17) is 4.74 Å². The van der Waals surface area contributed by atoms with E-state index in [0.717, 1.165) is 36.3 Å². The topological polar surface area (TPSA) is 21.3 Å². The van der Waals surface area contributed by atoms with E-state index in [9.17, 15) is 0 Å². The third-order valence-corrected chi connectivity index (χ3v) is 4.11. The molecule has 1 N–H and O–H groups in total. The van der Waals surface area contributed by atoms with Gasteiger partial charge in [-0.2, -0.15) is 0 Å². The number of hydrogen-bond donors (Lipinski definition) is 1. The van der Waals surface area contributed by atoms with Crippen LogP contribution in [0, 0.1) is 0 Å². The first kappa shape index (κ1) is 18.5. The Bertz CT molecular complexity index is 381. The molecule has 0 radical (unpaired) electrons. The standard InChI is InChI=1S/C18H30BrNO/c1-3-5-6-7-8-9-12-20-15-16-10-11-18(17(19)14-16)21-13-4-2/h10-11,14,20H,3-9,12-13,15H2,1-2H3. The SMILES string of the molecule is CCCCCCCCNCc1ccc(OCCC)c(Br)c1. The summed E-state index contributed by atoms with van der Waals surface area (Å²) in [6.45, 7) is 7.19. The number of unbranched alkanes of at least 4 members (excludes halogenated alkanes) is 5. The number of nitrogens with one attached hydrogen (secondary N) is 1.